The quantitative estimate of drug-likeness (QED) is 0.747. The number of sulfonamides is 1. The zero-order valence-electron chi connectivity index (χ0n) is 16.6. The average molecular weight is 419 g/mol. The molecule has 8 heteroatoms. The Hall–Kier alpha value is -2.42. The van der Waals surface area contributed by atoms with E-state index < -0.39 is 16.1 Å². The van der Waals surface area contributed by atoms with Gasteiger partial charge in [0.15, 0.2) is 6.10 Å². The van der Waals surface area contributed by atoms with E-state index in [1.807, 2.05) is 38.1 Å². The number of benzene rings is 2. The van der Waals surface area contributed by atoms with Crippen LogP contribution in [0.2, 0.25) is 0 Å². The number of ether oxygens (including phenoxy) is 2. The smallest absolute Gasteiger partial charge is 0.265 e. The Kier molecular flexibility index (Phi) is 6.89. The molecule has 2 aromatic rings. The molecule has 0 saturated carbocycles. The first-order valence-corrected chi connectivity index (χ1v) is 11.1. The number of amides is 1. The first kappa shape index (κ1) is 21.3. The van der Waals surface area contributed by atoms with E-state index in [1.165, 1.54) is 16.4 Å². The van der Waals surface area contributed by atoms with Gasteiger partial charge in [-0.3, -0.25) is 4.79 Å². The Morgan fingerprint density at radius 1 is 1.10 bits per heavy atom. The predicted octanol–water partition coefficient (Wildman–Crippen LogP) is 2.81. The Bertz CT molecular complexity index is 921. The minimum atomic E-state index is -3.56. The second-order valence-electron chi connectivity index (χ2n) is 6.86. The molecule has 1 amide bonds. The molecule has 156 valence electrons. The highest BCUT2D eigenvalue weighted by Gasteiger charge is 2.26. The fourth-order valence-electron chi connectivity index (χ4n) is 2.97. The van der Waals surface area contributed by atoms with E-state index in [0.29, 0.717) is 44.2 Å². The number of morpholine rings is 1. The average Bonchev–Trinajstić information content (AvgIpc) is 2.74. The van der Waals surface area contributed by atoms with Gasteiger partial charge in [0.05, 0.1) is 18.1 Å². The molecule has 1 N–H and O–H groups in total. The summed E-state index contributed by atoms with van der Waals surface area (Å²) in [6, 6.07) is 13.7. The van der Waals surface area contributed by atoms with Crippen molar-refractivity contribution in [1.82, 2.24) is 4.31 Å². The van der Waals surface area contributed by atoms with Crippen LogP contribution in [0.25, 0.3) is 0 Å². The number of hydrogen-bond acceptors (Lipinski definition) is 5. The zero-order chi connectivity index (χ0) is 20.9. The maximum atomic E-state index is 12.7. The molecule has 0 bridgehead atoms. The van der Waals surface area contributed by atoms with Crippen LogP contribution in [0.15, 0.2) is 53.4 Å². The van der Waals surface area contributed by atoms with Gasteiger partial charge in [0.25, 0.3) is 5.91 Å². The molecule has 7 nitrogen and oxygen atoms in total. The van der Waals surface area contributed by atoms with Crippen LogP contribution in [0.1, 0.15) is 18.9 Å². The third-order valence-electron chi connectivity index (χ3n) is 4.69. The molecule has 0 aromatic heterocycles. The minimum absolute atomic E-state index is 0.195. The van der Waals surface area contributed by atoms with Crippen molar-refractivity contribution in [2.24, 2.45) is 0 Å². The number of anilines is 1. The molecule has 1 heterocycles. The summed E-state index contributed by atoms with van der Waals surface area (Å²) in [5.74, 6) is 0.349. The lowest BCUT2D eigenvalue weighted by Crippen LogP contribution is -2.40. The van der Waals surface area contributed by atoms with Gasteiger partial charge >= 0.3 is 0 Å². The molecular formula is C21H26N2O5S. The summed E-state index contributed by atoms with van der Waals surface area (Å²) >= 11 is 0. The minimum Gasteiger partial charge on any atom is -0.481 e. The zero-order valence-corrected chi connectivity index (χ0v) is 17.4. The van der Waals surface area contributed by atoms with Gasteiger partial charge in [0, 0.05) is 18.8 Å². The Morgan fingerprint density at radius 3 is 2.31 bits per heavy atom. The highest BCUT2D eigenvalue weighted by atomic mass is 32.2. The second kappa shape index (κ2) is 9.39. The molecule has 3 rings (SSSR count). The Morgan fingerprint density at radius 2 is 1.72 bits per heavy atom. The number of nitrogens with zero attached hydrogens (tertiary/aromatic N) is 1. The third kappa shape index (κ3) is 5.35. The summed E-state index contributed by atoms with van der Waals surface area (Å²) in [6.07, 6.45) is -0.141. The van der Waals surface area contributed by atoms with Crippen molar-refractivity contribution in [3.8, 4) is 5.75 Å². The molecule has 1 unspecified atom stereocenters. The monoisotopic (exact) mass is 418 g/mol. The lowest BCUT2D eigenvalue weighted by molar-refractivity contribution is -0.122. The first-order valence-electron chi connectivity index (χ1n) is 9.62. The fourth-order valence-corrected chi connectivity index (χ4v) is 4.38. The van der Waals surface area contributed by atoms with Gasteiger partial charge in [-0.25, -0.2) is 8.42 Å². The predicted molar refractivity (Wildman–Crippen MR) is 111 cm³/mol. The Labute approximate surface area is 171 Å². The van der Waals surface area contributed by atoms with E-state index in [2.05, 4.69) is 5.32 Å². The van der Waals surface area contributed by atoms with Crippen LogP contribution in [0.4, 0.5) is 5.69 Å². The van der Waals surface area contributed by atoms with Crippen LogP contribution >= 0.6 is 0 Å². The van der Waals surface area contributed by atoms with Gasteiger partial charge in [-0.2, -0.15) is 4.31 Å². The number of nitrogens with one attached hydrogen (secondary N) is 1. The number of rotatable bonds is 7. The third-order valence-corrected chi connectivity index (χ3v) is 6.61. The van der Waals surface area contributed by atoms with Crippen LogP contribution in [0, 0.1) is 6.92 Å². The largest absolute Gasteiger partial charge is 0.481 e. The summed E-state index contributed by atoms with van der Waals surface area (Å²) < 4.78 is 37.7. The van der Waals surface area contributed by atoms with Crippen molar-refractivity contribution in [2.45, 2.75) is 31.3 Å². The van der Waals surface area contributed by atoms with Crippen molar-refractivity contribution in [1.29, 1.82) is 0 Å². The molecule has 0 aliphatic carbocycles. The summed E-state index contributed by atoms with van der Waals surface area (Å²) in [6.45, 7) is 5.33. The van der Waals surface area contributed by atoms with E-state index in [-0.39, 0.29) is 10.8 Å². The SMILES string of the molecule is CCC(Oc1ccc(C)cc1)C(=O)Nc1ccc(S(=O)(=O)N2CCOCC2)cc1. The van der Waals surface area contributed by atoms with E-state index in [1.54, 1.807) is 12.1 Å². The fraction of sp³-hybridized carbons (Fsp3) is 0.381. The molecule has 29 heavy (non-hydrogen) atoms. The van der Waals surface area contributed by atoms with Crippen LogP contribution in [0.5, 0.6) is 5.75 Å². The number of aryl methyl sites for hydroxylation is 1. The molecular weight excluding hydrogens is 392 g/mol. The summed E-state index contributed by atoms with van der Waals surface area (Å²) in [5.41, 5.74) is 1.63. The van der Waals surface area contributed by atoms with Crippen LogP contribution in [0.3, 0.4) is 0 Å². The first-order chi connectivity index (χ1) is 13.9. The van der Waals surface area contributed by atoms with Crippen LogP contribution in [-0.4, -0.2) is 51.0 Å². The normalized spacial score (nSPS) is 16.2. The maximum absolute atomic E-state index is 12.7. The second-order valence-corrected chi connectivity index (χ2v) is 8.80. The van der Waals surface area contributed by atoms with Crippen molar-refractivity contribution in [3.63, 3.8) is 0 Å². The van der Waals surface area contributed by atoms with Gasteiger partial charge in [0.1, 0.15) is 5.75 Å². The summed E-state index contributed by atoms with van der Waals surface area (Å²) in [4.78, 5) is 12.8. The standard InChI is InChI=1S/C21H26N2O5S/c1-3-20(28-18-8-4-16(2)5-9-18)21(24)22-17-6-10-19(11-7-17)29(25,26)23-12-14-27-15-13-23/h4-11,20H,3,12-15H2,1-2H3,(H,22,24). The molecule has 0 spiro atoms. The number of carbonyl (C=O) groups excluding carboxylic acids is 1. The lowest BCUT2D eigenvalue weighted by atomic mass is 10.2. The molecule has 1 fully saturated rings. The molecule has 1 aliphatic heterocycles. The van der Waals surface area contributed by atoms with E-state index in [9.17, 15) is 13.2 Å². The van der Waals surface area contributed by atoms with E-state index >= 15 is 0 Å². The highest BCUT2D eigenvalue weighted by molar-refractivity contribution is 7.89. The summed E-state index contributed by atoms with van der Waals surface area (Å²) in [5, 5.41) is 2.79. The number of carbonyl (C=O) groups is 1. The van der Waals surface area contributed by atoms with E-state index in [4.69, 9.17) is 9.47 Å². The highest BCUT2D eigenvalue weighted by Crippen LogP contribution is 2.20. The lowest BCUT2D eigenvalue weighted by Gasteiger charge is -2.26. The molecule has 1 aliphatic rings. The molecule has 2 aromatic carbocycles. The van der Waals surface area contributed by atoms with Gasteiger partial charge in [0.2, 0.25) is 10.0 Å². The van der Waals surface area contributed by atoms with Crippen molar-refractivity contribution in [3.05, 3.63) is 54.1 Å². The van der Waals surface area contributed by atoms with Gasteiger partial charge in [-0.1, -0.05) is 24.6 Å². The molecule has 0 radical (unpaired) electrons. The van der Waals surface area contributed by atoms with Gasteiger partial charge in [-0.05, 0) is 49.7 Å². The van der Waals surface area contributed by atoms with Gasteiger partial charge < -0.3 is 14.8 Å². The van der Waals surface area contributed by atoms with Crippen LogP contribution in [-0.2, 0) is 19.6 Å². The topological polar surface area (TPSA) is 84.9 Å². The van der Waals surface area contributed by atoms with E-state index in [0.717, 1.165) is 5.56 Å². The molecule has 1 atom stereocenters. The Balaban J connectivity index is 1.64. The summed E-state index contributed by atoms with van der Waals surface area (Å²) in [7, 11) is -3.56. The number of hydrogen-bond donors (Lipinski definition) is 1. The van der Waals surface area contributed by atoms with Crippen molar-refractivity contribution < 1.29 is 22.7 Å². The van der Waals surface area contributed by atoms with Gasteiger partial charge in [-0.15, -0.1) is 0 Å². The van der Waals surface area contributed by atoms with Crippen molar-refractivity contribution >= 4 is 21.6 Å². The molecule has 1 saturated heterocycles. The maximum Gasteiger partial charge on any atom is 0.265 e. The van der Waals surface area contributed by atoms with Crippen molar-refractivity contribution in [2.75, 3.05) is 31.6 Å². The van der Waals surface area contributed by atoms with Crippen LogP contribution < -0.4 is 10.1 Å².